The minimum atomic E-state index is -1.50. The molecule has 1 fully saturated rings. The molecule has 1 saturated heterocycles. The highest BCUT2D eigenvalue weighted by Crippen LogP contribution is 2.26. The molecule has 28 heavy (non-hydrogen) atoms. The predicted molar refractivity (Wildman–Crippen MR) is 98.5 cm³/mol. The Morgan fingerprint density at radius 1 is 1.11 bits per heavy atom. The zero-order chi connectivity index (χ0) is 20.4. The molecule has 1 aromatic carbocycles. The third-order valence-corrected chi connectivity index (χ3v) is 4.81. The standard InChI is InChI=1S/C18H20FN3O6/c19-13-7-11-14(8-15(13)21-3-1-20(2-4-21)5-6-23)22(10-16(24)25)9-12(17(11)26)18(27)28/h7-9,23H,1-6,10H2,(H,24,25)(H,27,28). The van der Waals surface area contributed by atoms with Crippen molar-refractivity contribution in [3.63, 3.8) is 0 Å². The summed E-state index contributed by atoms with van der Waals surface area (Å²) < 4.78 is 15.9. The molecule has 3 rings (SSSR count). The SMILES string of the molecule is O=C(O)Cn1cc(C(=O)O)c(=O)c2cc(F)c(N3CCN(CCO)CC3)cc21. The Bertz CT molecular complexity index is 981. The lowest BCUT2D eigenvalue weighted by molar-refractivity contribution is -0.137. The first kappa shape index (κ1) is 19.8. The molecule has 150 valence electrons. The maximum absolute atomic E-state index is 14.7. The molecule has 0 saturated carbocycles. The van der Waals surface area contributed by atoms with Gasteiger partial charge in [0, 0.05) is 44.3 Å². The van der Waals surface area contributed by atoms with Crippen LogP contribution in [0.15, 0.2) is 23.1 Å². The summed E-state index contributed by atoms with van der Waals surface area (Å²) in [6.45, 7) is 2.25. The Hall–Kier alpha value is -2.98. The minimum Gasteiger partial charge on any atom is -0.480 e. The van der Waals surface area contributed by atoms with Crippen LogP contribution in [0, 0.1) is 5.82 Å². The number of aliphatic hydroxyl groups excluding tert-OH is 1. The Labute approximate surface area is 158 Å². The lowest BCUT2D eigenvalue weighted by atomic mass is 10.1. The van der Waals surface area contributed by atoms with Crippen molar-refractivity contribution in [1.82, 2.24) is 9.47 Å². The maximum Gasteiger partial charge on any atom is 0.341 e. The normalized spacial score (nSPS) is 15.1. The van der Waals surface area contributed by atoms with Crippen molar-refractivity contribution in [2.45, 2.75) is 6.54 Å². The number of hydrogen-bond acceptors (Lipinski definition) is 6. The van der Waals surface area contributed by atoms with Gasteiger partial charge in [-0.15, -0.1) is 0 Å². The van der Waals surface area contributed by atoms with Crippen molar-refractivity contribution < 1.29 is 29.3 Å². The monoisotopic (exact) mass is 393 g/mol. The van der Waals surface area contributed by atoms with Crippen molar-refractivity contribution >= 4 is 28.5 Å². The van der Waals surface area contributed by atoms with Crippen LogP contribution in [0.3, 0.4) is 0 Å². The van der Waals surface area contributed by atoms with Gasteiger partial charge in [-0.3, -0.25) is 14.5 Å². The van der Waals surface area contributed by atoms with Gasteiger partial charge in [0.1, 0.15) is 17.9 Å². The van der Waals surface area contributed by atoms with Crippen LogP contribution in [0.25, 0.3) is 10.9 Å². The molecule has 0 bridgehead atoms. The van der Waals surface area contributed by atoms with Crippen LogP contribution in [-0.4, -0.2) is 76.1 Å². The van der Waals surface area contributed by atoms with E-state index in [1.54, 1.807) is 4.90 Å². The fourth-order valence-electron chi connectivity index (χ4n) is 3.42. The number of hydrogen-bond donors (Lipinski definition) is 3. The first-order valence-corrected chi connectivity index (χ1v) is 8.71. The van der Waals surface area contributed by atoms with Gasteiger partial charge in [0.05, 0.1) is 17.8 Å². The number of piperazine rings is 1. The topological polar surface area (TPSA) is 123 Å². The van der Waals surface area contributed by atoms with Gasteiger partial charge in [-0.1, -0.05) is 0 Å². The van der Waals surface area contributed by atoms with E-state index >= 15 is 0 Å². The molecule has 0 amide bonds. The zero-order valence-electron chi connectivity index (χ0n) is 15.0. The van der Waals surface area contributed by atoms with Gasteiger partial charge >= 0.3 is 11.9 Å². The van der Waals surface area contributed by atoms with Crippen LogP contribution in [0.5, 0.6) is 0 Å². The van der Waals surface area contributed by atoms with Crippen molar-refractivity contribution in [2.75, 3.05) is 44.2 Å². The number of β-amino-alcohol motifs (C(OH)–C–C–N with tert-alkyl or cyclic N) is 1. The Balaban J connectivity index is 2.08. The van der Waals surface area contributed by atoms with Crippen LogP contribution >= 0.6 is 0 Å². The van der Waals surface area contributed by atoms with Gasteiger partial charge in [0.25, 0.3) is 0 Å². The lowest BCUT2D eigenvalue weighted by Crippen LogP contribution is -2.47. The minimum absolute atomic E-state index is 0.0394. The third-order valence-electron chi connectivity index (χ3n) is 4.81. The molecule has 10 heteroatoms. The molecule has 0 spiro atoms. The fourth-order valence-corrected chi connectivity index (χ4v) is 3.42. The summed E-state index contributed by atoms with van der Waals surface area (Å²) in [6, 6.07) is 2.36. The van der Waals surface area contributed by atoms with Gasteiger partial charge in [-0.2, -0.15) is 0 Å². The van der Waals surface area contributed by atoms with Crippen molar-refractivity contribution in [3.05, 3.63) is 39.9 Å². The smallest absolute Gasteiger partial charge is 0.341 e. The summed E-state index contributed by atoms with van der Waals surface area (Å²) in [5.41, 5.74) is -1.09. The van der Waals surface area contributed by atoms with E-state index in [1.165, 1.54) is 6.07 Å². The first-order chi connectivity index (χ1) is 13.3. The number of benzene rings is 1. The van der Waals surface area contributed by atoms with E-state index in [1.807, 2.05) is 4.90 Å². The number of rotatable bonds is 6. The summed E-state index contributed by atoms with van der Waals surface area (Å²) in [7, 11) is 0. The molecule has 3 N–H and O–H groups in total. The van der Waals surface area contributed by atoms with Gasteiger partial charge < -0.3 is 24.8 Å². The molecule has 9 nitrogen and oxygen atoms in total. The average Bonchev–Trinajstić information content (AvgIpc) is 2.64. The maximum atomic E-state index is 14.7. The van der Waals surface area contributed by atoms with Crippen molar-refractivity contribution in [2.24, 2.45) is 0 Å². The number of anilines is 1. The molecule has 0 radical (unpaired) electrons. The number of pyridine rings is 1. The number of nitrogens with zero attached hydrogens (tertiary/aromatic N) is 3. The number of fused-ring (bicyclic) bond motifs is 1. The quantitative estimate of drug-likeness (QED) is 0.629. The third kappa shape index (κ3) is 3.82. The summed E-state index contributed by atoms with van der Waals surface area (Å²) in [6.07, 6.45) is 0.974. The van der Waals surface area contributed by atoms with E-state index in [9.17, 15) is 23.9 Å². The molecule has 2 aromatic rings. The van der Waals surface area contributed by atoms with Crippen LogP contribution in [0.4, 0.5) is 10.1 Å². The zero-order valence-corrected chi connectivity index (χ0v) is 15.0. The lowest BCUT2D eigenvalue weighted by Gasteiger charge is -2.36. The predicted octanol–water partition coefficient (Wildman–Crippen LogP) is 0.0377. The number of aromatic nitrogens is 1. The number of aliphatic carboxylic acids is 1. The van der Waals surface area contributed by atoms with E-state index < -0.39 is 35.3 Å². The second-order valence-corrected chi connectivity index (χ2v) is 6.57. The highest BCUT2D eigenvalue weighted by molar-refractivity contribution is 5.94. The number of carboxylic acid groups (broad SMARTS) is 2. The molecule has 2 heterocycles. The molecular formula is C18H20FN3O6. The van der Waals surface area contributed by atoms with E-state index in [0.717, 1.165) is 16.8 Å². The van der Waals surface area contributed by atoms with Gasteiger partial charge in [0.15, 0.2) is 0 Å². The summed E-state index contributed by atoms with van der Waals surface area (Å²) >= 11 is 0. The Kier molecular flexibility index (Phi) is 5.61. The fraction of sp³-hybridized carbons (Fsp3) is 0.389. The van der Waals surface area contributed by atoms with Crippen LogP contribution < -0.4 is 10.3 Å². The van der Waals surface area contributed by atoms with E-state index in [0.29, 0.717) is 32.7 Å². The number of aromatic carboxylic acids is 1. The number of carbonyl (C=O) groups is 2. The molecular weight excluding hydrogens is 373 g/mol. The average molecular weight is 393 g/mol. The number of carboxylic acids is 2. The largest absolute Gasteiger partial charge is 0.480 e. The molecule has 0 aliphatic carbocycles. The van der Waals surface area contributed by atoms with Crippen LogP contribution in [0.1, 0.15) is 10.4 Å². The van der Waals surface area contributed by atoms with E-state index in [-0.39, 0.29) is 23.2 Å². The summed E-state index contributed by atoms with van der Waals surface area (Å²) in [4.78, 5) is 38.7. The number of aliphatic hydroxyl groups is 1. The Morgan fingerprint density at radius 3 is 2.36 bits per heavy atom. The second kappa shape index (κ2) is 7.95. The summed E-state index contributed by atoms with van der Waals surface area (Å²) in [5.74, 6) is -3.40. The summed E-state index contributed by atoms with van der Waals surface area (Å²) in [5, 5.41) is 27.2. The van der Waals surface area contributed by atoms with E-state index in [2.05, 4.69) is 0 Å². The molecule has 1 aliphatic rings. The van der Waals surface area contributed by atoms with Crippen molar-refractivity contribution in [3.8, 4) is 0 Å². The van der Waals surface area contributed by atoms with Crippen LogP contribution in [-0.2, 0) is 11.3 Å². The van der Waals surface area contributed by atoms with Gasteiger partial charge in [0.2, 0.25) is 5.43 Å². The number of halogens is 1. The second-order valence-electron chi connectivity index (χ2n) is 6.57. The van der Waals surface area contributed by atoms with Crippen molar-refractivity contribution in [1.29, 1.82) is 0 Å². The molecule has 1 aromatic heterocycles. The molecule has 0 atom stereocenters. The molecule has 0 unspecified atom stereocenters. The highest BCUT2D eigenvalue weighted by atomic mass is 19.1. The highest BCUT2D eigenvalue weighted by Gasteiger charge is 2.22. The van der Waals surface area contributed by atoms with E-state index in [4.69, 9.17) is 10.2 Å². The van der Waals surface area contributed by atoms with Crippen LogP contribution in [0.2, 0.25) is 0 Å². The molecule has 1 aliphatic heterocycles. The first-order valence-electron chi connectivity index (χ1n) is 8.71. The van der Waals surface area contributed by atoms with Gasteiger partial charge in [-0.05, 0) is 12.1 Å². The van der Waals surface area contributed by atoms with Gasteiger partial charge in [-0.25, -0.2) is 9.18 Å². The Morgan fingerprint density at radius 2 is 1.79 bits per heavy atom.